The molecule has 0 fully saturated rings. The van der Waals surface area contributed by atoms with Gasteiger partial charge in [-0.15, -0.1) is 0 Å². The number of benzene rings is 1. The van der Waals surface area contributed by atoms with E-state index in [1.54, 1.807) is 0 Å². The molecule has 3 rings (SSSR count). The van der Waals surface area contributed by atoms with Gasteiger partial charge in [-0.2, -0.15) is 5.10 Å². The van der Waals surface area contributed by atoms with Gasteiger partial charge < -0.3 is 5.73 Å². The molecule has 3 nitrogen and oxygen atoms in total. The summed E-state index contributed by atoms with van der Waals surface area (Å²) in [6, 6.07) is 6.77. The predicted octanol–water partition coefficient (Wildman–Crippen LogP) is 2.08. The molecule has 0 bridgehead atoms. The third kappa shape index (κ3) is 1.95. The van der Waals surface area contributed by atoms with E-state index in [0.29, 0.717) is 6.54 Å². The third-order valence-corrected chi connectivity index (χ3v) is 3.69. The van der Waals surface area contributed by atoms with Crippen molar-refractivity contribution in [2.45, 2.75) is 25.7 Å². The summed E-state index contributed by atoms with van der Waals surface area (Å²) in [5.74, 6) is 0. The number of nitrogens with two attached hydrogens (primary N) is 1. The highest BCUT2D eigenvalue weighted by molar-refractivity contribution is 5.64. The summed E-state index contributed by atoms with van der Waals surface area (Å²) < 4.78 is 1.88. The number of hydrogen-bond acceptors (Lipinski definition) is 2. The Hall–Kier alpha value is -1.61. The van der Waals surface area contributed by atoms with E-state index in [1.807, 2.05) is 11.7 Å². The van der Waals surface area contributed by atoms with Gasteiger partial charge in [-0.1, -0.05) is 12.1 Å². The quantitative estimate of drug-likeness (QED) is 0.894. The van der Waals surface area contributed by atoms with Gasteiger partial charge >= 0.3 is 0 Å². The standard InChI is InChI=1S/C15H19N3/c1-18-10-14(7-8-16)15(17-18)13-6-5-11-3-2-4-12(11)9-13/h5-6,9-10H,2-4,7-8,16H2,1H3. The van der Waals surface area contributed by atoms with Crippen LogP contribution in [0.15, 0.2) is 24.4 Å². The van der Waals surface area contributed by atoms with Crippen molar-refractivity contribution in [1.82, 2.24) is 9.78 Å². The van der Waals surface area contributed by atoms with E-state index in [0.717, 1.165) is 12.1 Å². The molecule has 1 aliphatic carbocycles. The van der Waals surface area contributed by atoms with Crippen molar-refractivity contribution in [3.8, 4) is 11.3 Å². The van der Waals surface area contributed by atoms with Gasteiger partial charge in [0, 0.05) is 18.8 Å². The van der Waals surface area contributed by atoms with Crippen LogP contribution in [0.4, 0.5) is 0 Å². The number of hydrogen-bond donors (Lipinski definition) is 1. The van der Waals surface area contributed by atoms with Gasteiger partial charge in [-0.05, 0) is 55.0 Å². The average Bonchev–Trinajstić information content (AvgIpc) is 2.95. The fraction of sp³-hybridized carbons (Fsp3) is 0.400. The van der Waals surface area contributed by atoms with Gasteiger partial charge in [0.2, 0.25) is 0 Å². The fourth-order valence-corrected chi connectivity index (χ4v) is 2.84. The number of aryl methyl sites for hydroxylation is 3. The van der Waals surface area contributed by atoms with Crippen LogP contribution in [-0.2, 0) is 26.3 Å². The monoisotopic (exact) mass is 241 g/mol. The molecule has 0 spiro atoms. The summed E-state index contributed by atoms with van der Waals surface area (Å²) in [5.41, 5.74) is 12.3. The molecule has 94 valence electrons. The lowest BCUT2D eigenvalue weighted by molar-refractivity contribution is 0.769. The summed E-state index contributed by atoms with van der Waals surface area (Å²) in [5, 5.41) is 4.59. The first-order valence-electron chi connectivity index (χ1n) is 6.62. The van der Waals surface area contributed by atoms with Crippen LogP contribution in [0, 0.1) is 0 Å². The van der Waals surface area contributed by atoms with E-state index in [4.69, 9.17) is 5.73 Å². The van der Waals surface area contributed by atoms with Gasteiger partial charge in [0.15, 0.2) is 0 Å². The Morgan fingerprint density at radius 3 is 2.94 bits per heavy atom. The maximum absolute atomic E-state index is 5.67. The van der Waals surface area contributed by atoms with Crippen molar-refractivity contribution in [2.24, 2.45) is 12.8 Å². The average molecular weight is 241 g/mol. The Bertz CT molecular complexity index is 569. The molecule has 1 aromatic heterocycles. The number of rotatable bonds is 3. The maximum atomic E-state index is 5.67. The molecule has 18 heavy (non-hydrogen) atoms. The fourth-order valence-electron chi connectivity index (χ4n) is 2.84. The minimum absolute atomic E-state index is 0.670. The highest BCUT2D eigenvalue weighted by Gasteiger charge is 2.14. The van der Waals surface area contributed by atoms with Crippen LogP contribution in [0.2, 0.25) is 0 Å². The van der Waals surface area contributed by atoms with E-state index in [2.05, 4.69) is 29.5 Å². The van der Waals surface area contributed by atoms with Gasteiger partial charge in [-0.3, -0.25) is 4.68 Å². The second-order valence-electron chi connectivity index (χ2n) is 5.05. The highest BCUT2D eigenvalue weighted by Crippen LogP contribution is 2.29. The summed E-state index contributed by atoms with van der Waals surface area (Å²) in [7, 11) is 1.97. The Morgan fingerprint density at radius 2 is 2.11 bits per heavy atom. The zero-order valence-electron chi connectivity index (χ0n) is 10.8. The molecule has 0 unspecified atom stereocenters. The van der Waals surface area contributed by atoms with Crippen molar-refractivity contribution in [2.75, 3.05) is 6.54 Å². The second kappa shape index (κ2) is 4.58. The highest BCUT2D eigenvalue weighted by atomic mass is 15.2. The van der Waals surface area contributed by atoms with Crippen LogP contribution >= 0.6 is 0 Å². The first kappa shape index (κ1) is 11.5. The largest absolute Gasteiger partial charge is 0.330 e. The SMILES string of the molecule is Cn1cc(CCN)c(-c2ccc3c(c2)CCC3)n1. The zero-order valence-corrected chi connectivity index (χ0v) is 10.8. The molecule has 1 heterocycles. The first-order valence-corrected chi connectivity index (χ1v) is 6.62. The smallest absolute Gasteiger partial charge is 0.0955 e. The summed E-state index contributed by atoms with van der Waals surface area (Å²) in [4.78, 5) is 0. The minimum atomic E-state index is 0.670. The second-order valence-corrected chi connectivity index (χ2v) is 5.05. The topological polar surface area (TPSA) is 43.8 Å². The molecular weight excluding hydrogens is 222 g/mol. The summed E-state index contributed by atoms with van der Waals surface area (Å²) in [6.45, 7) is 0.670. The molecule has 2 N–H and O–H groups in total. The number of aromatic nitrogens is 2. The molecule has 0 atom stereocenters. The van der Waals surface area contributed by atoms with E-state index >= 15 is 0 Å². The molecule has 0 saturated heterocycles. The van der Waals surface area contributed by atoms with E-state index in [-0.39, 0.29) is 0 Å². The predicted molar refractivity (Wildman–Crippen MR) is 73.4 cm³/mol. The van der Waals surface area contributed by atoms with E-state index in [9.17, 15) is 0 Å². The Morgan fingerprint density at radius 1 is 1.28 bits per heavy atom. The van der Waals surface area contributed by atoms with Crippen LogP contribution in [0.25, 0.3) is 11.3 Å². The van der Waals surface area contributed by atoms with Crippen molar-refractivity contribution in [1.29, 1.82) is 0 Å². The van der Waals surface area contributed by atoms with Crippen LogP contribution in [0.5, 0.6) is 0 Å². The lowest BCUT2D eigenvalue weighted by Crippen LogP contribution is -2.03. The molecule has 0 amide bonds. The number of fused-ring (bicyclic) bond motifs is 1. The van der Waals surface area contributed by atoms with Gasteiger partial charge in [0.25, 0.3) is 0 Å². The lowest BCUT2D eigenvalue weighted by atomic mass is 10.0. The Labute approximate surface area is 108 Å². The summed E-state index contributed by atoms with van der Waals surface area (Å²) >= 11 is 0. The minimum Gasteiger partial charge on any atom is -0.330 e. The van der Waals surface area contributed by atoms with Gasteiger partial charge in [-0.25, -0.2) is 0 Å². The van der Waals surface area contributed by atoms with Gasteiger partial charge in [0.05, 0.1) is 5.69 Å². The Balaban J connectivity index is 2.03. The molecule has 1 aliphatic rings. The normalized spacial score (nSPS) is 13.9. The van der Waals surface area contributed by atoms with Crippen LogP contribution < -0.4 is 5.73 Å². The Kier molecular flexibility index (Phi) is 2.92. The molecule has 0 radical (unpaired) electrons. The van der Waals surface area contributed by atoms with Crippen molar-refractivity contribution < 1.29 is 0 Å². The van der Waals surface area contributed by atoms with Crippen molar-refractivity contribution in [3.05, 3.63) is 41.1 Å². The van der Waals surface area contributed by atoms with Crippen molar-refractivity contribution >= 4 is 0 Å². The van der Waals surface area contributed by atoms with E-state index < -0.39 is 0 Å². The first-order chi connectivity index (χ1) is 8.78. The lowest BCUT2D eigenvalue weighted by Gasteiger charge is -2.04. The van der Waals surface area contributed by atoms with Gasteiger partial charge in [0.1, 0.15) is 0 Å². The van der Waals surface area contributed by atoms with Crippen molar-refractivity contribution in [3.63, 3.8) is 0 Å². The molecule has 0 saturated carbocycles. The van der Waals surface area contributed by atoms with Crippen LogP contribution in [0.1, 0.15) is 23.1 Å². The number of nitrogens with zero attached hydrogens (tertiary/aromatic N) is 2. The summed E-state index contributed by atoms with van der Waals surface area (Å²) in [6.07, 6.45) is 6.70. The zero-order chi connectivity index (χ0) is 12.5. The molecule has 2 aromatic rings. The third-order valence-electron chi connectivity index (χ3n) is 3.69. The molecule has 0 aliphatic heterocycles. The maximum Gasteiger partial charge on any atom is 0.0955 e. The molecule has 1 aromatic carbocycles. The van der Waals surface area contributed by atoms with Crippen LogP contribution in [0.3, 0.4) is 0 Å². The molecular formula is C15H19N3. The van der Waals surface area contributed by atoms with E-state index in [1.165, 1.54) is 41.5 Å². The molecule has 3 heteroatoms. The van der Waals surface area contributed by atoms with Crippen LogP contribution in [-0.4, -0.2) is 16.3 Å².